The van der Waals surface area contributed by atoms with Gasteiger partial charge in [-0.1, -0.05) is 5.16 Å². The molecule has 0 aliphatic carbocycles. The fourth-order valence-corrected chi connectivity index (χ4v) is 3.20. The van der Waals surface area contributed by atoms with Gasteiger partial charge in [0.15, 0.2) is 5.82 Å². The summed E-state index contributed by atoms with van der Waals surface area (Å²) in [5, 5.41) is 8.23. The number of hydrogen-bond acceptors (Lipinski definition) is 7. The number of aryl methyl sites for hydroxylation is 2. The number of carbonyl (C=O) groups excluding carboxylic acids is 1. The highest BCUT2D eigenvalue weighted by atomic mass is 16.5. The summed E-state index contributed by atoms with van der Waals surface area (Å²) in [5.41, 5.74) is 7.64. The first kappa shape index (κ1) is 16.6. The lowest BCUT2D eigenvalue weighted by molar-refractivity contribution is -0.121. The predicted molar refractivity (Wildman–Crippen MR) is 83.7 cm³/mol. The largest absolute Gasteiger partial charge is 0.377 e. The van der Waals surface area contributed by atoms with E-state index in [-0.39, 0.29) is 24.3 Å². The molecule has 1 aliphatic rings. The number of rotatable bonds is 6. The number of carbonyl (C=O) groups is 1. The van der Waals surface area contributed by atoms with Crippen molar-refractivity contribution in [2.45, 2.75) is 26.0 Å². The van der Waals surface area contributed by atoms with Gasteiger partial charge >= 0.3 is 0 Å². The minimum absolute atomic E-state index is 0.199. The van der Waals surface area contributed by atoms with Crippen LogP contribution in [0.5, 0.6) is 0 Å². The molecule has 0 saturated carbocycles. The molecule has 9 heteroatoms. The van der Waals surface area contributed by atoms with Crippen LogP contribution in [0.1, 0.15) is 29.0 Å². The third kappa shape index (κ3) is 3.31. The van der Waals surface area contributed by atoms with Gasteiger partial charge in [-0.25, -0.2) is 0 Å². The zero-order valence-electron chi connectivity index (χ0n) is 14.1. The van der Waals surface area contributed by atoms with Gasteiger partial charge in [0.2, 0.25) is 11.8 Å². The monoisotopic (exact) mass is 334 g/mol. The number of ether oxygens (including phenoxy) is 1. The second-order valence-electron chi connectivity index (χ2n) is 6.19. The van der Waals surface area contributed by atoms with E-state index in [1.165, 1.54) is 0 Å². The first-order chi connectivity index (χ1) is 11.5. The molecule has 2 N–H and O–H groups in total. The van der Waals surface area contributed by atoms with E-state index < -0.39 is 0 Å². The van der Waals surface area contributed by atoms with Crippen LogP contribution >= 0.6 is 0 Å². The second kappa shape index (κ2) is 6.70. The maximum Gasteiger partial charge on any atom is 0.231 e. The Morgan fingerprint density at radius 3 is 2.92 bits per heavy atom. The highest BCUT2D eigenvalue weighted by Crippen LogP contribution is 2.32. The molecule has 2 aromatic rings. The highest BCUT2D eigenvalue weighted by molar-refractivity contribution is 5.78. The molecule has 9 nitrogen and oxygen atoms in total. The van der Waals surface area contributed by atoms with Crippen LogP contribution in [0.2, 0.25) is 0 Å². The van der Waals surface area contributed by atoms with Crippen molar-refractivity contribution in [1.29, 1.82) is 0 Å². The molecule has 1 aliphatic heterocycles. The Labute approximate surface area is 139 Å². The molecule has 1 amide bonds. The van der Waals surface area contributed by atoms with Gasteiger partial charge in [0.1, 0.15) is 6.61 Å². The van der Waals surface area contributed by atoms with Crippen LogP contribution in [0.15, 0.2) is 10.6 Å². The topological polar surface area (TPSA) is 112 Å². The summed E-state index contributed by atoms with van der Waals surface area (Å²) in [6.07, 6.45) is 0. The molecule has 2 atom stereocenters. The molecule has 1 fully saturated rings. The van der Waals surface area contributed by atoms with Crippen molar-refractivity contribution < 1.29 is 14.1 Å². The highest BCUT2D eigenvalue weighted by Gasteiger charge is 2.40. The van der Waals surface area contributed by atoms with Crippen LogP contribution < -0.4 is 5.73 Å². The molecular formula is C15H22N6O3. The van der Waals surface area contributed by atoms with Crippen molar-refractivity contribution >= 4 is 5.91 Å². The third-order valence-corrected chi connectivity index (χ3v) is 4.32. The first-order valence-corrected chi connectivity index (χ1v) is 7.80. The standard InChI is InChI=1S/C15H22N6O3/c1-9-4-10(20(2)18-9)5-21-6-11(14(16)22)12(7-21)15-17-13(8-23-3)19-24-15/h4,11-12H,5-8H2,1-3H3,(H2,16,22)/t11-,12-/m1/s1. The van der Waals surface area contributed by atoms with Gasteiger partial charge < -0.3 is 15.0 Å². The van der Waals surface area contributed by atoms with Crippen LogP contribution in [0.25, 0.3) is 0 Å². The first-order valence-electron chi connectivity index (χ1n) is 7.80. The molecule has 130 valence electrons. The third-order valence-electron chi connectivity index (χ3n) is 4.32. The van der Waals surface area contributed by atoms with Crippen LogP contribution in [0.4, 0.5) is 0 Å². The number of likely N-dealkylation sites (tertiary alicyclic amines) is 1. The summed E-state index contributed by atoms with van der Waals surface area (Å²) < 4.78 is 12.2. The Hall–Kier alpha value is -2.26. The number of primary amides is 1. The van der Waals surface area contributed by atoms with Gasteiger partial charge in [0.05, 0.1) is 23.2 Å². The van der Waals surface area contributed by atoms with E-state index in [9.17, 15) is 4.79 Å². The van der Waals surface area contributed by atoms with E-state index in [2.05, 4.69) is 20.1 Å². The molecule has 24 heavy (non-hydrogen) atoms. The summed E-state index contributed by atoms with van der Waals surface area (Å²) >= 11 is 0. The van der Waals surface area contributed by atoms with Gasteiger partial charge in [-0.2, -0.15) is 10.1 Å². The van der Waals surface area contributed by atoms with Crippen molar-refractivity contribution in [2.24, 2.45) is 18.7 Å². The number of hydrogen-bond donors (Lipinski definition) is 1. The Kier molecular flexibility index (Phi) is 4.63. The van der Waals surface area contributed by atoms with Crippen LogP contribution in [0, 0.1) is 12.8 Å². The van der Waals surface area contributed by atoms with Crippen molar-refractivity contribution in [3.8, 4) is 0 Å². The number of nitrogens with two attached hydrogens (primary N) is 1. The van der Waals surface area contributed by atoms with Gasteiger partial charge in [0.25, 0.3) is 0 Å². The van der Waals surface area contributed by atoms with E-state index in [1.54, 1.807) is 7.11 Å². The minimum atomic E-state index is -0.352. The summed E-state index contributed by atoms with van der Waals surface area (Å²) in [6, 6.07) is 2.04. The molecule has 0 unspecified atom stereocenters. The minimum Gasteiger partial charge on any atom is -0.377 e. The zero-order valence-corrected chi connectivity index (χ0v) is 14.1. The van der Waals surface area contributed by atoms with E-state index in [1.807, 2.05) is 24.7 Å². The second-order valence-corrected chi connectivity index (χ2v) is 6.19. The predicted octanol–water partition coefficient (Wildman–Crippen LogP) is -0.0412. The average molecular weight is 334 g/mol. The molecule has 0 spiro atoms. The van der Waals surface area contributed by atoms with E-state index in [4.69, 9.17) is 15.0 Å². The Morgan fingerprint density at radius 2 is 2.29 bits per heavy atom. The normalized spacial score (nSPS) is 21.5. The Morgan fingerprint density at radius 1 is 1.50 bits per heavy atom. The van der Waals surface area contributed by atoms with Gasteiger partial charge in [-0.3, -0.25) is 14.4 Å². The molecule has 2 aromatic heterocycles. The van der Waals surface area contributed by atoms with E-state index in [0.717, 1.165) is 11.4 Å². The molecule has 3 rings (SSSR count). The summed E-state index contributed by atoms with van der Waals surface area (Å²) in [4.78, 5) is 18.3. The van der Waals surface area contributed by atoms with Crippen molar-refractivity contribution in [3.05, 3.63) is 29.2 Å². The summed E-state index contributed by atoms with van der Waals surface area (Å²) in [6.45, 7) is 4.11. The molecule has 0 aromatic carbocycles. The van der Waals surface area contributed by atoms with Gasteiger partial charge in [-0.15, -0.1) is 0 Å². The molecule has 3 heterocycles. The van der Waals surface area contributed by atoms with Crippen LogP contribution in [-0.4, -0.2) is 50.9 Å². The van der Waals surface area contributed by atoms with Crippen molar-refractivity contribution in [2.75, 3.05) is 20.2 Å². The van der Waals surface area contributed by atoms with Crippen molar-refractivity contribution in [3.63, 3.8) is 0 Å². The molecule has 0 radical (unpaired) electrons. The van der Waals surface area contributed by atoms with E-state index >= 15 is 0 Å². The maximum absolute atomic E-state index is 11.9. The lowest BCUT2D eigenvalue weighted by atomic mass is 9.95. The van der Waals surface area contributed by atoms with Crippen LogP contribution in [-0.2, 0) is 29.7 Å². The van der Waals surface area contributed by atoms with E-state index in [0.29, 0.717) is 31.3 Å². The molecule has 0 bridgehead atoms. The lowest BCUT2D eigenvalue weighted by Gasteiger charge is -2.14. The molecule has 1 saturated heterocycles. The molecular weight excluding hydrogens is 312 g/mol. The summed E-state index contributed by atoms with van der Waals surface area (Å²) in [5.74, 6) is 0.00578. The van der Waals surface area contributed by atoms with Crippen molar-refractivity contribution in [1.82, 2.24) is 24.8 Å². The lowest BCUT2D eigenvalue weighted by Crippen LogP contribution is -2.29. The fourth-order valence-electron chi connectivity index (χ4n) is 3.20. The average Bonchev–Trinajstić information content (AvgIpc) is 3.19. The maximum atomic E-state index is 11.9. The van der Waals surface area contributed by atoms with Crippen LogP contribution in [0.3, 0.4) is 0 Å². The number of aromatic nitrogens is 4. The smallest absolute Gasteiger partial charge is 0.231 e. The number of nitrogens with zero attached hydrogens (tertiary/aromatic N) is 5. The van der Waals surface area contributed by atoms with Gasteiger partial charge in [-0.05, 0) is 13.0 Å². The number of methoxy groups -OCH3 is 1. The Bertz CT molecular complexity index is 725. The van der Waals surface area contributed by atoms with Gasteiger partial charge in [0, 0.05) is 33.8 Å². The quantitative estimate of drug-likeness (QED) is 0.788. The SMILES string of the molecule is COCc1noc([C@@H]2CN(Cc3cc(C)nn3C)C[C@H]2C(N)=O)n1. The fraction of sp³-hybridized carbons (Fsp3) is 0.600. The summed E-state index contributed by atoms with van der Waals surface area (Å²) in [7, 11) is 3.48. The number of amides is 1. The Balaban J connectivity index is 1.76. The zero-order chi connectivity index (χ0) is 17.3.